The minimum absolute atomic E-state index is 0.163. The van der Waals surface area contributed by atoms with Crippen molar-refractivity contribution >= 4 is 29.5 Å². The molecule has 0 radical (unpaired) electrons. The molecule has 2 aliphatic carbocycles. The SMILES string of the molecule is CC(=O)N[C@@H]1CNC[C@H]1C(=O)N[C@@H]1CCC[C@H]1C(=O)N[C@@H]1CNC[C@H]1C(=O)N[C@@H]1CCC[C@H]1C(N)=O. The molecule has 5 amide bonds. The highest BCUT2D eigenvalue weighted by atomic mass is 16.2. The Morgan fingerprint density at radius 2 is 1.03 bits per heavy atom. The fraction of sp³-hybridized carbons (Fsp3) is 0.792. The van der Waals surface area contributed by atoms with Gasteiger partial charge in [0.2, 0.25) is 29.5 Å². The Labute approximate surface area is 211 Å². The number of primary amides is 1. The van der Waals surface area contributed by atoms with Gasteiger partial charge >= 0.3 is 0 Å². The third-order valence-corrected chi connectivity index (χ3v) is 8.21. The van der Waals surface area contributed by atoms with E-state index in [-0.39, 0.29) is 65.5 Å². The van der Waals surface area contributed by atoms with Crippen molar-refractivity contribution in [2.24, 2.45) is 29.4 Å². The van der Waals surface area contributed by atoms with Crippen LogP contribution in [0.25, 0.3) is 0 Å². The first-order chi connectivity index (χ1) is 17.2. The van der Waals surface area contributed by atoms with Gasteiger partial charge in [0.05, 0.1) is 35.8 Å². The van der Waals surface area contributed by atoms with Crippen LogP contribution >= 0.6 is 0 Å². The van der Waals surface area contributed by atoms with Crippen LogP contribution < -0.4 is 37.6 Å². The maximum Gasteiger partial charge on any atom is 0.226 e. The van der Waals surface area contributed by atoms with Crippen molar-refractivity contribution in [1.82, 2.24) is 31.9 Å². The van der Waals surface area contributed by atoms with E-state index in [4.69, 9.17) is 5.73 Å². The molecule has 8 atom stereocenters. The number of carbonyl (C=O) groups excluding carboxylic acids is 5. The molecule has 2 aliphatic heterocycles. The van der Waals surface area contributed by atoms with Gasteiger partial charge in [0, 0.05) is 45.2 Å². The van der Waals surface area contributed by atoms with E-state index in [0.717, 1.165) is 19.3 Å². The summed E-state index contributed by atoms with van der Waals surface area (Å²) in [6.07, 6.45) is 4.44. The summed E-state index contributed by atoms with van der Waals surface area (Å²) in [6.45, 7) is 3.35. The van der Waals surface area contributed by atoms with Gasteiger partial charge in [-0.2, -0.15) is 0 Å². The van der Waals surface area contributed by atoms with Crippen LogP contribution in [0.4, 0.5) is 0 Å². The Hall–Kier alpha value is -2.73. The smallest absolute Gasteiger partial charge is 0.226 e. The molecule has 36 heavy (non-hydrogen) atoms. The highest BCUT2D eigenvalue weighted by Crippen LogP contribution is 2.28. The zero-order valence-corrected chi connectivity index (χ0v) is 20.8. The second kappa shape index (κ2) is 11.5. The predicted molar refractivity (Wildman–Crippen MR) is 130 cm³/mol. The summed E-state index contributed by atoms with van der Waals surface area (Å²) in [5.41, 5.74) is 5.48. The van der Waals surface area contributed by atoms with Crippen LogP contribution in [0.15, 0.2) is 0 Å². The molecule has 4 aliphatic rings. The molecular formula is C24H39N7O5. The molecule has 0 spiro atoms. The molecule has 2 saturated heterocycles. The van der Waals surface area contributed by atoms with E-state index in [9.17, 15) is 24.0 Å². The van der Waals surface area contributed by atoms with E-state index >= 15 is 0 Å². The van der Waals surface area contributed by atoms with Gasteiger partial charge in [-0.1, -0.05) is 12.8 Å². The van der Waals surface area contributed by atoms with Crippen molar-refractivity contribution in [3.8, 4) is 0 Å². The maximum absolute atomic E-state index is 13.2. The summed E-state index contributed by atoms with van der Waals surface area (Å²) in [7, 11) is 0. The number of nitrogens with two attached hydrogens (primary N) is 1. The van der Waals surface area contributed by atoms with Gasteiger partial charge in [0.1, 0.15) is 0 Å². The molecule has 0 aromatic heterocycles. The lowest BCUT2D eigenvalue weighted by molar-refractivity contribution is -0.129. The Balaban J connectivity index is 1.31. The van der Waals surface area contributed by atoms with E-state index in [1.807, 2.05) is 0 Å². The number of hydrogen-bond donors (Lipinski definition) is 7. The molecule has 0 unspecified atom stereocenters. The number of rotatable bonds is 8. The van der Waals surface area contributed by atoms with E-state index in [1.54, 1.807) is 0 Å². The standard InChI is InChI=1S/C24H39N7O5/c1-12(32)28-19-10-26-8-15(19)23(35)30-18-7-3-5-14(18)22(34)31-20-11-27-9-16(20)24(36)29-17-6-2-4-13(17)21(25)33/h13-20,26-27H,2-11H2,1H3,(H2,25,33)(H,28,32)(H,29,36)(H,30,35)(H,31,34)/t13-,14-,15-,16-,17-,18-,19-,20-/m1/s1. The topological polar surface area (TPSA) is 184 Å². The molecule has 200 valence electrons. The Kier molecular flexibility index (Phi) is 8.45. The summed E-state index contributed by atoms with van der Waals surface area (Å²) >= 11 is 0. The molecule has 2 saturated carbocycles. The van der Waals surface area contributed by atoms with Crippen LogP contribution in [0.3, 0.4) is 0 Å². The largest absolute Gasteiger partial charge is 0.369 e. The quantitative estimate of drug-likeness (QED) is 0.190. The summed E-state index contributed by atoms with van der Waals surface area (Å²) in [4.78, 5) is 62.3. The second-order valence-electron chi connectivity index (χ2n) is 10.7. The third-order valence-electron chi connectivity index (χ3n) is 8.21. The summed E-state index contributed by atoms with van der Waals surface area (Å²) < 4.78 is 0. The van der Waals surface area contributed by atoms with Crippen molar-refractivity contribution < 1.29 is 24.0 Å². The van der Waals surface area contributed by atoms with Gasteiger partial charge in [-0.05, 0) is 25.7 Å². The first kappa shape index (κ1) is 26.3. The number of carbonyl (C=O) groups is 5. The Morgan fingerprint density at radius 1 is 0.583 bits per heavy atom. The molecule has 2 heterocycles. The van der Waals surface area contributed by atoms with Crippen molar-refractivity contribution in [3.05, 3.63) is 0 Å². The number of amides is 5. The average Bonchev–Trinajstić information content (AvgIpc) is 3.60. The zero-order valence-electron chi connectivity index (χ0n) is 20.8. The van der Waals surface area contributed by atoms with Crippen LogP contribution in [0.5, 0.6) is 0 Å². The lowest BCUT2D eigenvalue weighted by Gasteiger charge is -2.27. The van der Waals surface area contributed by atoms with Crippen molar-refractivity contribution in [1.29, 1.82) is 0 Å². The molecule has 4 rings (SSSR count). The monoisotopic (exact) mass is 505 g/mol. The van der Waals surface area contributed by atoms with E-state index in [1.165, 1.54) is 6.92 Å². The normalized spacial score (nSPS) is 35.8. The van der Waals surface area contributed by atoms with Gasteiger partial charge in [0.25, 0.3) is 0 Å². The minimum Gasteiger partial charge on any atom is -0.369 e. The summed E-state index contributed by atoms with van der Waals surface area (Å²) in [6, 6.07) is -1.18. The maximum atomic E-state index is 13.2. The van der Waals surface area contributed by atoms with Gasteiger partial charge < -0.3 is 37.6 Å². The fourth-order valence-corrected chi connectivity index (χ4v) is 6.26. The Morgan fingerprint density at radius 3 is 1.56 bits per heavy atom. The first-order valence-electron chi connectivity index (χ1n) is 13.1. The zero-order chi connectivity index (χ0) is 25.8. The van der Waals surface area contributed by atoms with Gasteiger partial charge in [-0.25, -0.2) is 0 Å². The molecule has 0 bridgehead atoms. The molecule has 12 heteroatoms. The van der Waals surface area contributed by atoms with Gasteiger partial charge in [-0.3, -0.25) is 24.0 Å². The summed E-state index contributed by atoms with van der Waals surface area (Å²) in [5, 5.41) is 18.2. The highest BCUT2D eigenvalue weighted by molar-refractivity contribution is 5.86. The van der Waals surface area contributed by atoms with E-state index in [2.05, 4.69) is 31.9 Å². The summed E-state index contributed by atoms with van der Waals surface area (Å²) in [5.74, 6) is -2.63. The van der Waals surface area contributed by atoms with Crippen molar-refractivity contribution in [2.45, 2.75) is 69.6 Å². The predicted octanol–water partition coefficient (Wildman–Crippen LogP) is -2.53. The van der Waals surface area contributed by atoms with E-state index < -0.39 is 11.8 Å². The minimum atomic E-state index is -0.444. The molecule has 12 nitrogen and oxygen atoms in total. The average molecular weight is 506 g/mol. The van der Waals surface area contributed by atoms with Crippen LogP contribution in [0.1, 0.15) is 45.4 Å². The molecular weight excluding hydrogens is 466 g/mol. The van der Waals surface area contributed by atoms with Gasteiger partial charge in [-0.15, -0.1) is 0 Å². The highest BCUT2D eigenvalue weighted by Gasteiger charge is 2.42. The molecule has 0 aromatic rings. The van der Waals surface area contributed by atoms with Crippen LogP contribution in [-0.2, 0) is 24.0 Å². The van der Waals surface area contributed by atoms with Crippen LogP contribution in [0, 0.1) is 23.7 Å². The first-order valence-corrected chi connectivity index (χ1v) is 13.1. The van der Waals surface area contributed by atoms with E-state index in [0.29, 0.717) is 45.4 Å². The van der Waals surface area contributed by atoms with Crippen molar-refractivity contribution in [3.63, 3.8) is 0 Å². The van der Waals surface area contributed by atoms with Crippen LogP contribution in [-0.4, -0.2) is 79.9 Å². The van der Waals surface area contributed by atoms with Gasteiger partial charge in [0.15, 0.2) is 0 Å². The van der Waals surface area contributed by atoms with Crippen molar-refractivity contribution in [2.75, 3.05) is 26.2 Å². The second-order valence-corrected chi connectivity index (χ2v) is 10.7. The Bertz CT molecular complexity index is 883. The lowest BCUT2D eigenvalue weighted by Crippen LogP contribution is -2.53. The molecule has 4 fully saturated rings. The molecule has 0 aromatic carbocycles. The third kappa shape index (κ3) is 5.97. The lowest BCUT2D eigenvalue weighted by atomic mass is 9.96. The molecule has 8 N–H and O–H groups in total. The number of hydrogen-bond acceptors (Lipinski definition) is 7. The number of nitrogens with one attached hydrogen (secondary N) is 6. The fourth-order valence-electron chi connectivity index (χ4n) is 6.26. The van der Waals surface area contributed by atoms with Crippen LogP contribution in [0.2, 0.25) is 0 Å².